The summed E-state index contributed by atoms with van der Waals surface area (Å²) in [5.41, 5.74) is 7.17. The van der Waals surface area contributed by atoms with Gasteiger partial charge in [0.15, 0.2) is 0 Å². The molecule has 0 aromatic carbocycles. The van der Waals surface area contributed by atoms with Gasteiger partial charge in [0, 0.05) is 0 Å². The van der Waals surface area contributed by atoms with Crippen molar-refractivity contribution in [3.63, 3.8) is 0 Å². The summed E-state index contributed by atoms with van der Waals surface area (Å²) >= 11 is 1.65. The molecule has 2 atom stereocenters. The summed E-state index contributed by atoms with van der Waals surface area (Å²) in [6.07, 6.45) is 3.30. The van der Waals surface area contributed by atoms with Gasteiger partial charge in [-0.05, 0) is 36.7 Å². The van der Waals surface area contributed by atoms with Gasteiger partial charge in [0.05, 0.1) is 12.0 Å². The molecule has 4 heteroatoms. The maximum absolute atomic E-state index is 11.6. The monoisotopic (exact) mass is 213 g/mol. The van der Waals surface area contributed by atoms with Crippen molar-refractivity contribution in [2.24, 2.45) is 11.7 Å². The molecule has 0 saturated heterocycles. The van der Waals surface area contributed by atoms with Crippen molar-refractivity contribution >= 4 is 17.7 Å². The van der Waals surface area contributed by atoms with Gasteiger partial charge in [0.2, 0.25) is 0 Å². The quantitative estimate of drug-likeness (QED) is 0.708. The molecule has 0 aromatic rings. The lowest BCUT2D eigenvalue weighted by molar-refractivity contribution is -0.146. The van der Waals surface area contributed by atoms with Crippen LogP contribution in [-0.4, -0.2) is 18.0 Å². The van der Waals surface area contributed by atoms with E-state index in [4.69, 9.17) is 10.5 Å². The first kappa shape index (κ1) is 10.1. The van der Waals surface area contributed by atoms with Gasteiger partial charge in [0.25, 0.3) is 0 Å². The first-order chi connectivity index (χ1) is 6.74. The van der Waals surface area contributed by atoms with E-state index in [1.165, 1.54) is 16.9 Å². The molecule has 14 heavy (non-hydrogen) atoms. The smallest absolute Gasteiger partial charge is 0.315 e. The standard InChI is InChI=1S/C10H15NO2S/c1-2-13-10(12)8-6-4-3-5-7(6)14-9(8)11/h8-9H,2-5,11H2,1H3. The number of esters is 1. The average Bonchev–Trinajstić information content (AvgIpc) is 2.63. The lowest BCUT2D eigenvalue weighted by Crippen LogP contribution is -2.32. The third-order valence-electron chi connectivity index (χ3n) is 2.73. The molecular formula is C10H15NO2S. The van der Waals surface area contributed by atoms with Crippen LogP contribution < -0.4 is 5.73 Å². The maximum atomic E-state index is 11.6. The lowest BCUT2D eigenvalue weighted by Gasteiger charge is -2.16. The lowest BCUT2D eigenvalue weighted by atomic mass is 9.99. The summed E-state index contributed by atoms with van der Waals surface area (Å²) in [5.74, 6) is -0.308. The first-order valence-corrected chi connectivity index (χ1v) is 5.92. The number of carbonyl (C=O) groups is 1. The highest BCUT2D eigenvalue weighted by Crippen LogP contribution is 2.48. The predicted molar refractivity (Wildman–Crippen MR) is 56.6 cm³/mol. The van der Waals surface area contributed by atoms with E-state index in [2.05, 4.69) is 0 Å². The molecule has 2 unspecified atom stereocenters. The van der Waals surface area contributed by atoms with Crippen LogP contribution in [-0.2, 0) is 9.53 Å². The minimum absolute atomic E-state index is 0.112. The van der Waals surface area contributed by atoms with E-state index in [1.54, 1.807) is 11.8 Å². The highest BCUT2D eigenvalue weighted by Gasteiger charge is 2.40. The van der Waals surface area contributed by atoms with E-state index in [0.29, 0.717) is 6.61 Å². The SMILES string of the molecule is CCOC(=O)C1C2=C(CCC2)SC1N. The van der Waals surface area contributed by atoms with Gasteiger partial charge in [0.1, 0.15) is 5.92 Å². The highest BCUT2D eigenvalue weighted by atomic mass is 32.2. The third-order valence-corrected chi connectivity index (χ3v) is 4.03. The van der Waals surface area contributed by atoms with Crippen LogP contribution in [0.1, 0.15) is 26.2 Å². The summed E-state index contributed by atoms with van der Waals surface area (Å²) in [6, 6.07) is 0. The number of rotatable bonds is 2. The molecule has 0 saturated carbocycles. The Bertz CT molecular complexity index is 288. The van der Waals surface area contributed by atoms with Gasteiger partial charge in [-0.25, -0.2) is 0 Å². The van der Waals surface area contributed by atoms with Crippen LogP contribution in [0.5, 0.6) is 0 Å². The van der Waals surface area contributed by atoms with E-state index >= 15 is 0 Å². The largest absolute Gasteiger partial charge is 0.465 e. The topological polar surface area (TPSA) is 52.3 Å². The number of allylic oxidation sites excluding steroid dienone is 1. The second-order valence-corrected chi connectivity index (χ2v) is 4.89. The zero-order valence-corrected chi connectivity index (χ0v) is 9.10. The second kappa shape index (κ2) is 3.95. The Hall–Kier alpha value is -0.480. The van der Waals surface area contributed by atoms with Crippen LogP contribution in [0.15, 0.2) is 10.5 Å². The molecule has 0 spiro atoms. The van der Waals surface area contributed by atoms with Gasteiger partial charge in [-0.15, -0.1) is 11.8 Å². The number of thioether (sulfide) groups is 1. The molecule has 2 N–H and O–H groups in total. The number of hydrogen-bond acceptors (Lipinski definition) is 4. The Morgan fingerprint density at radius 2 is 2.43 bits per heavy atom. The molecular weight excluding hydrogens is 198 g/mol. The molecule has 1 aliphatic heterocycles. The molecule has 1 aliphatic carbocycles. The van der Waals surface area contributed by atoms with Gasteiger partial charge in [-0.2, -0.15) is 0 Å². The normalized spacial score (nSPS) is 30.7. The van der Waals surface area contributed by atoms with Crippen LogP contribution in [0.2, 0.25) is 0 Å². The summed E-state index contributed by atoms with van der Waals surface area (Å²) in [7, 11) is 0. The van der Waals surface area contributed by atoms with E-state index < -0.39 is 0 Å². The number of ether oxygens (including phenoxy) is 1. The summed E-state index contributed by atoms with van der Waals surface area (Å²) in [5, 5.41) is -0.112. The second-order valence-electron chi connectivity index (χ2n) is 3.61. The molecule has 0 aromatic heterocycles. The van der Waals surface area contributed by atoms with Crippen LogP contribution in [0, 0.1) is 5.92 Å². The van der Waals surface area contributed by atoms with Gasteiger partial charge in [-0.1, -0.05) is 0 Å². The van der Waals surface area contributed by atoms with Gasteiger partial charge < -0.3 is 10.5 Å². The summed E-state index contributed by atoms with van der Waals surface area (Å²) < 4.78 is 5.04. The Morgan fingerprint density at radius 3 is 3.14 bits per heavy atom. The van der Waals surface area contributed by atoms with Crippen LogP contribution in [0.4, 0.5) is 0 Å². The molecule has 78 valence electrons. The van der Waals surface area contributed by atoms with Crippen molar-refractivity contribution in [3.05, 3.63) is 10.5 Å². The zero-order chi connectivity index (χ0) is 10.1. The molecule has 0 radical (unpaired) electrons. The molecule has 0 fully saturated rings. The van der Waals surface area contributed by atoms with Crippen molar-refractivity contribution in [1.29, 1.82) is 0 Å². The van der Waals surface area contributed by atoms with Crippen molar-refractivity contribution in [3.8, 4) is 0 Å². The Balaban J connectivity index is 2.13. The summed E-state index contributed by atoms with van der Waals surface area (Å²) in [4.78, 5) is 13.0. The average molecular weight is 213 g/mol. The van der Waals surface area contributed by atoms with E-state index in [0.717, 1.165) is 12.8 Å². The number of carbonyl (C=O) groups excluding carboxylic acids is 1. The van der Waals surface area contributed by atoms with Crippen molar-refractivity contribution in [2.45, 2.75) is 31.6 Å². The van der Waals surface area contributed by atoms with Crippen LogP contribution >= 0.6 is 11.8 Å². The Morgan fingerprint density at radius 1 is 1.64 bits per heavy atom. The molecule has 3 nitrogen and oxygen atoms in total. The molecule has 2 rings (SSSR count). The Labute approximate surface area is 88.1 Å². The van der Waals surface area contributed by atoms with E-state index in [9.17, 15) is 4.79 Å². The molecule has 0 amide bonds. The van der Waals surface area contributed by atoms with E-state index in [-0.39, 0.29) is 17.3 Å². The molecule has 2 aliphatic rings. The maximum Gasteiger partial charge on any atom is 0.315 e. The fourth-order valence-electron chi connectivity index (χ4n) is 2.14. The zero-order valence-electron chi connectivity index (χ0n) is 8.29. The van der Waals surface area contributed by atoms with Crippen molar-refractivity contribution in [2.75, 3.05) is 6.61 Å². The highest BCUT2D eigenvalue weighted by molar-refractivity contribution is 8.04. The van der Waals surface area contributed by atoms with Gasteiger partial charge >= 0.3 is 5.97 Å². The number of hydrogen-bond donors (Lipinski definition) is 1. The fourth-order valence-corrected chi connectivity index (χ4v) is 3.52. The van der Waals surface area contributed by atoms with Crippen LogP contribution in [0.3, 0.4) is 0 Å². The van der Waals surface area contributed by atoms with Gasteiger partial charge in [-0.3, -0.25) is 4.79 Å². The minimum atomic E-state index is -0.169. The first-order valence-electron chi connectivity index (χ1n) is 5.04. The fraction of sp³-hybridized carbons (Fsp3) is 0.700. The van der Waals surface area contributed by atoms with E-state index in [1.807, 2.05) is 6.92 Å². The van der Waals surface area contributed by atoms with Crippen molar-refractivity contribution < 1.29 is 9.53 Å². The predicted octanol–water partition coefficient (Wildman–Crippen LogP) is 1.64. The molecule has 0 bridgehead atoms. The molecule has 1 heterocycles. The van der Waals surface area contributed by atoms with Crippen molar-refractivity contribution in [1.82, 2.24) is 0 Å². The minimum Gasteiger partial charge on any atom is -0.465 e. The third kappa shape index (κ3) is 1.57. The summed E-state index contributed by atoms with van der Waals surface area (Å²) in [6.45, 7) is 2.27. The van der Waals surface area contributed by atoms with Crippen LogP contribution in [0.25, 0.3) is 0 Å². The Kier molecular flexibility index (Phi) is 2.83. The number of nitrogens with two attached hydrogens (primary N) is 1.